The highest BCUT2D eigenvalue weighted by Crippen LogP contribution is 2.10. The van der Waals surface area contributed by atoms with Crippen LogP contribution in [0.2, 0.25) is 0 Å². The summed E-state index contributed by atoms with van der Waals surface area (Å²) in [4.78, 5) is 0. The molecule has 0 radical (unpaired) electrons. The number of rotatable bonds is 5. The molecular formula is C7H17NO3. The van der Waals surface area contributed by atoms with E-state index in [1.807, 2.05) is 0 Å². The standard InChI is InChI=1S/C7H17NO3/c1-7(8,5-9)4-6(10-2)11-3/h6,9H,4-5,8H2,1-3H3. The predicted octanol–water partition coefficient (Wildman–Crippen LogP) is -0.295. The van der Waals surface area contributed by atoms with Gasteiger partial charge in [-0.25, -0.2) is 0 Å². The molecule has 0 amide bonds. The average molecular weight is 163 g/mol. The normalized spacial score (nSPS) is 16.9. The van der Waals surface area contributed by atoms with Crippen molar-refractivity contribution in [1.82, 2.24) is 0 Å². The van der Waals surface area contributed by atoms with Crippen molar-refractivity contribution in [3.8, 4) is 0 Å². The molecule has 0 aliphatic heterocycles. The van der Waals surface area contributed by atoms with Crippen LogP contribution in [0.25, 0.3) is 0 Å². The van der Waals surface area contributed by atoms with Crippen LogP contribution in [0.3, 0.4) is 0 Å². The topological polar surface area (TPSA) is 64.7 Å². The molecule has 0 aliphatic rings. The van der Waals surface area contributed by atoms with E-state index in [0.29, 0.717) is 6.42 Å². The zero-order valence-corrected chi connectivity index (χ0v) is 7.33. The maximum atomic E-state index is 8.80. The van der Waals surface area contributed by atoms with Gasteiger partial charge in [-0.3, -0.25) is 0 Å². The number of nitrogens with two attached hydrogens (primary N) is 1. The van der Waals surface area contributed by atoms with Crippen molar-refractivity contribution in [2.45, 2.75) is 25.2 Å². The van der Waals surface area contributed by atoms with E-state index in [2.05, 4.69) is 0 Å². The maximum absolute atomic E-state index is 8.80. The molecule has 0 aromatic rings. The van der Waals surface area contributed by atoms with Gasteiger partial charge < -0.3 is 20.3 Å². The summed E-state index contributed by atoms with van der Waals surface area (Å²) in [5.74, 6) is 0. The number of aliphatic hydroxyl groups excluding tert-OH is 1. The molecule has 4 heteroatoms. The fraction of sp³-hybridized carbons (Fsp3) is 1.00. The second-order valence-electron chi connectivity index (χ2n) is 2.92. The van der Waals surface area contributed by atoms with Crippen molar-refractivity contribution in [1.29, 1.82) is 0 Å². The van der Waals surface area contributed by atoms with Gasteiger partial charge in [0.2, 0.25) is 0 Å². The summed E-state index contributed by atoms with van der Waals surface area (Å²) in [6, 6.07) is 0. The number of methoxy groups -OCH3 is 2. The van der Waals surface area contributed by atoms with E-state index in [0.717, 1.165) is 0 Å². The molecule has 3 N–H and O–H groups in total. The molecule has 0 aromatic carbocycles. The largest absolute Gasteiger partial charge is 0.394 e. The highest BCUT2D eigenvalue weighted by Gasteiger charge is 2.22. The Kier molecular flexibility index (Phi) is 4.60. The Hall–Kier alpha value is -0.160. The lowest BCUT2D eigenvalue weighted by Crippen LogP contribution is -2.44. The van der Waals surface area contributed by atoms with Gasteiger partial charge in [0.1, 0.15) is 0 Å². The van der Waals surface area contributed by atoms with Crippen LogP contribution < -0.4 is 5.73 Å². The Balaban J connectivity index is 3.79. The molecular weight excluding hydrogens is 146 g/mol. The lowest BCUT2D eigenvalue weighted by atomic mass is 10.0. The Bertz CT molecular complexity index is 102. The van der Waals surface area contributed by atoms with Crippen molar-refractivity contribution in [3.63, 3.8) is 0 Å². The maximum Gasteiger partial charge on any atom is 0.158 e. The van der Waals surface area contributed by atoms with Gasteiger partial charge >= 0.3 is 0 Å². The summed E-state index contributed by atoms with van der Waals surface area (Å²) in [7, 11) is 3.09. The average Bonchev–Trinajstić information content (AvgIpc) is 2.00. The molecule has 0 aromatic heterocycles. The Labute approximate surface area is 67.3 Å². The Morgan fingerprint density at radius 1 is 1.45 bits per heavy atom. The summed E-state index contributed by atoms with van der Waals surface area (Å²) in [5, 5.41) is 8.80. The van der Waals surface area contributed by atoms with Crippen molar-refractivity contribution in [2.75, 3.05) is 20.8 Å². The number of hydrogen-bond acceptors (Lipinski definition) is 4. The first-order chi connectivity index (χ1) is 5.05. The van der Waals surface area contributed by atoms with Gasteiger partial charge in [-0.2, -0.15) is 0 Å². The summed E-state index contributed by atoms with van der Waals surface area (Å²) < 4.78 is 9.85. The number of hydrogen-bond donors (Lipinski definition) is 2. The summed E-state index contributed by atoms with van der Waals surface area (Å²) >= 11 is 0. The van der Waals surface area contributed by atoms with Crippen molar-refractivity contribution in [2.24, 2.45) is 5.73 Å². The molecule has 1 unspecified atom stereocenters. The highest BCUT2D eigenvalue weighted by atomic mass is 16.7. The molecule has 68 valence electrons. The molecule has 0 saturated carbocycles. The van der Waals surface area contributed by atoms with Crippen LogP contribution >= 0.6 is 0 Å². The Morgan fingerprint density at radius 2 is 1.91 bits per heavy atom. The molecule has 0 aliphatic carbocycles. The molecule has 0 fully saturated rings. The van der Waals surface area contributed by atoms with Gasteiger partial charge in [0.05, 0.1) is 6.61 Å². The van der Waals surface area contributed by atoms with Crippen molar-refractivity contribution >= 4 is 0 Å². The highest BCUT2D eigenvalue weighted by molar-refractivity contribution is 4.78. The molecule has 1 atom stereocenters. The molecule has 0 saturated heterocycles. The predicted molar refractivity (Wildman–Crippen MR) is 42.1 cm³/mol. The van der Waals surface area contributed by atoms with Crippen LogP contribution in [-0.4, -0.2) is 37.8 Å². The lowest BCUT2D eigenvalue weighted by Gasteiger charge is -2.25. The first-order valence-corrected chi connectivity index (χ1v) is 3.51. The second kappa shape index (κ2) is 4.66. The van der Waals surface area contributed by atoms with E-state index in [9.17, 15) is 0 Å². The Morgan fingerprint density at radius 3 is 2.18 bits per heavy atom. The minimum Gasteiger partial charge on any atom is -0.394 e. The molecule has 11 heavy (non-hydrogen) atoms. The molecule has 0 spiro atoms. The minimum atomic E-state index is -0.628. The van der Waals surface area contributed by atoms with Crippen LogP contribution in [0.5, 0.6) is 0 Å². The smallest absolute Gasteiger partial charge is 0.158 e. The van der Waals surface area contributed by atoms with Crippen LogP contribution in [-0.2, 0) is 9.47 Å². The van der Waals surface area contributed by atoms with Crippen LogP contribution in [0, 0.1) is 0 Å². The molecule has 0 rings (SSSR count). The van der Waals surface area contributed by atoms with Gasteiger partial charge in [0, 0.05) is 26.2 Å². The lowest BCUT2D eigenvalue weighted by molar-refractivity contribution is -0.118. The third kappa shape index (κ3) is 4.31. The van der Waals surface area contributed by atoms with Gasteiger partial charge in [0.25, 0.3) is 0 Å². The summed E-state index contributed by atoms with van der Waals surface area (Å²) in [5.41, 5.74) is 5.03. The third-order valence-corrected chi connectivity index (χ3v) is 1.52. The molecule has 0 heterocycles. The van der Waals surface area contributed by atoms with Gasteiger partial charge in [0.15, 0.2) is 6.29 Å². The van der Waals surface area contributed by atoms with E-state index in [1.165, 1.54) is 0 Å². The summed E-state index contributed by atoms with van der Waals surface area (Å²) in [6.45, 7) is 1.67. The number of ether oxygens (including phenoxy) is 2. The minimum absolute atomic E-state index is 0.0732. The fourth-order valence-corrected chi connectivity index (χ4v) is 0.708. The van der Waals surface area contributed by atoms with Gasteiger partial charge in [-0.1, -0.05) is 0 Å². The first kappa shape index (κ1) is 10.8. The summed E-state index contributed by atoms with van der Waals surface area (Å²) in [6.07, 6.45) is 0.147. The van der Waals surface area contributed by atoms with Crippen LogP contribution in [0.15, 0.2) is 0 Å². The third-order valence-electron chi connectivity index (χ3n) is 1.52. The first-order valence-electron chi connectivity index (χ1n) is 3.51. The van der Waals surface area contributed by atoms with E-state index in [-0.39, 0.29) is 12.9 Å². The van der Waals surface area contributed by atoms with E-state index in [1.54, 1.807) is 21.1 Å². The zero-order valence-electron chi connectivity index (χ0n) is 7.33. The second-order valence-corrected chi connectivity index (χ2v) is 2.92. The van der Waals surface area contributed by atoms with E-state index < -0.39 is 5.54 Å². The van der Waals surface area contributed by atoms with E-state index in [4.69, 9.17) is 20.3 Å². The molecule has 0 bridgehead atoms. The fourth-order valence-electron chi connectivity index (χ4n) is 0.708. The SMILES string of the molecule is COC(CC(C)(N)CO)OC. The number of aliphatic hydroxyl groups is 1. The van der Waals surface area contributed by atoms with Crippen molar-refractivity contribution < 1.29 is 14.6 Å². The van der Waals surface area contributed by atoms with E-state index >= 15 is 0 Å². The van der Waals surface area contributed by atoms with Crippen LogP contribution in [0.4, 0.5) is 0 Å². The molecule has 4 nitrogen and oxygen atoms in total. The van der Waals surface area contributed by atoms with Crippen LogP contribution in [0.1, 0.15) is 13.3 Å². The van der Waals surface area contributed by atoms with Gasteiger partial charge in [-0.05, 0) is 6.92 Å². The van der Waals surface area contributed by atoms with Gasteiger partial charge in [-0.15, -0.1) is 0 Å². The quantitative estimate of drug-likeness (QED) is 0.546. The van der Waals surface area contributed by atoms with Crippen molar-refractivity contribution in [3.05, 3.63) is 0 Å². The monoisotopic (exact) mass is 163 g/mol. The zero-order chi connectivity index (χ0) is 8.91.